The molecule has 10 nitrogen and oxygen atoms in total. The van der Waals surface area contributed by atoms with E-state index in [0.29, 0.717) is 30.9 Å². The summed E-state index contributed by atoms with van der Waals surface area (Å²) in [4.78, 5) is 36.8. The van der Waals surface area contributed by atoms with Gasteiger partial charge in [-0.05, 0) is 56.5 Å². The number of azo groups is 1. The second kappa shape index (κ2) is 14.4. The number of hydrogen-bond donors (Lipinski definition) is 1. The molecule has 2 aromatic carbocycles. The van der Waals surface area contributed by atoms with Crippen LogP contribution in [0.25, 0.3) is 0 Å². The van der Waals surface area contributed by atoms with E-state index in [4.69, 9.17) is 14.6 Å². The van der Waals surface area contributed by atoms with E-state index in [1.807, 2.05) is 63.0 Å². The van der Waals surface area contributed by atoms with Gasteiger partial charge in [-0.1, -0.05) is 30.3 Å². The Labute approximate surface area is 222 Å². The number of aryl methyl sites for hydroxylation is 1. The molecule has 0 unspecified atom stereocenters. The van der Waals surface area contributed by atoms with Crippen molar-refractivity contribution in [2.24, 2.45) is 10.2 Å². The van der Waals surface area contributed by atoms with Gasteiger partial charge in [-0.3, -0.25) is 4.79 Å². The SMILES string of the molecule is CN(CCN(C)C(=C=O)OC(C)(C)C)C(=C=O)OCc1ccc(N=Nc2ccccc2CCC(=O)O)cc1. The third kappa shape index (κ3) is 10.3. The van der Waals surface area contributed by atoms with E-state index in [2.05, 4.69) is 10.2 Å². The Bertz CT molecular complexity index is 1210. The van der Waals surface area contributed by atoms with Crippen LogP contribution in [0.1, 0.15) is 38.3 Å². The molecule has 0 bridgehead atoms. The Hall–Kier alpha value is -4.39. The smallest absolute Gasteiger partial charge is 0.303 e. The van der Waals surface area contributed by atoms with Crippen LogP contribution in [-0.4, -0.2) is 65.5 Å². The Morgan fingerprint density at radius 2 is 1.53 bits per heavy atom. The van der Waals surface area contributed by atoms with Gasteiger partial charge in [0.25, 0.3) is 11.8 Å². The van der Waals surface area contributed by atoms with E-state index in [-0.39, 0.29) is 24.8 Å². The number of carboxylic acids is 1. The number of ether oxygens (including phenoxy) is 2. The van der Waals surface area contributed by atoms with Gasteiger partial charge in [-0.2, -0.15) is 10.2 Å². The van der Waals surface area contributed by atoms with Gasteiger partial charge in [-0.15, -0.1) is 0 Å². The molecule has 0 radical (unpaired) electrons. The Morgan fingerprint density at radius 3 is 2.11 bits per heavy atom. The van der Waals surface area contributed by atoms with Crippen molar-refractivity contribution in [3.8, 4) is 0 Å². The highest BCUT2D eigenvalue weighted by molar-refractivity contribution is 5.67. The molecule has 0 spiro atoms. The maximum atomic E-state index is 11.5. The van der Waals surface area contributed by atoms with Crippen molar-refractivity contribution in [2.45, 2.75) is 45.8 Å². The number of carbonyl (C=O) groups excluding carboxylic acids is 2. The lowest BCUT2D eigenvalue weighted by molar-refractivity contribution is -0.136. The number of carbonyl (C=O) groups is 1. The van der Waals surface area contributed by atoms with Gasteiger partial charge in [0, 0.05) is 33.6 Å². The third-order valence-corrected chi connectivity index (χ3v) is 5.23. The van der Waals surface area contributed by atoms with E-state index in [9.17, 15) is 14.4 Å². The van der Waals surface area contributed by atoms with Gasteiger partial charge in [0.15, 0.2) is 11.9 Å². The van der Waals surface area contributed by atoms with E-state index in [1.165, 1.54) is 0 Å². The van der Waals surface area contributed by atoms with Crippen LogP contribution in [0.5, 0.6) is 0 Å². The highest BCUT2D eigenvalue weighted by Gasteiger charge is 2.18. The number of nitrogens with zero attached hydrogens (tertiary/aromatic N) is 4. The molecule has 0 aromatic heterocycles. The number of carboxylic acid groups (broad SMARTS) is 1. The summed E-state index contributed by atoms with van der Waals surface area (Å²) in [5, 5.41) is 17.4. The molecule has 0 saturated carbocycles. The maximum Gasteiger partial charge on any atom is 0.303 e. The summed E-state index contributed by atoms with van der Waals surface area (Å²) in [7, 11) is 3.40. The number of likely N-dealkylation sites (N-methyl/N-ethyl adjacent to an activating group) is 2. The molecule has 38 heavy (non-hydrogen) atoms. The normalized spacial score (nSPS) is 10.9. The van der Waals surface area contributed by atoms with Crippen LogP contribution in [0.15, 0.2) is 70.5 Å². The predicted octanol–water partition coefficient (Wildman–Crippen LogP) is 4.66. The molecule has 0 atom stereocenters. The fraction of sp³-hybridized carbons (Fsp3) is 0.393. The zero-order valence-corrected chi connectivity index (χ0v) is 22.4. The first-order chi connectivity index (χ1) is 18.0. The maximum absolute atomic E-state index is 11.5. The van der Waals surface area contributed by atoms with Gasteiger partial charge in [0.1, 0.15) is 12.2 Å². The van der Waals surface area contributed by atoms with Crippen LogP contribution < -0.4 is 0 Å². The van der Waals surface area contributed by atoms with Crippen molar-refractivity contribution in [1.29, 1.82) is 0 Å². The monoisotopic (exact) mass is 522 g/mol. The molecule has 1 N–H and O–H groups in total. The first kappa shape index (κ1) is 29.8. The first-order valence-corrected chi connectivity index (χ1v) is 12.1. The van der Waals surface area contributed by atoms with E-state index in [1.54, 1.807) is 42.1 Å². The van der Waals surface area contributed by atoms with Gasteiger partial charge < -0.3 is 24.4 Å². The molecule has 0 fully saturated rings. The average Bonchev–Trinajstić information content (AvgIpc) is 2.88. The lowest BCUT2D eigenvalue weighted by atomic mass is 10.1. The summed E-state index contributed by atoms with van der Waals surface area (Å²) < 4.78 is 11.3. The van der Waals surface area contributed by atoms with Crippen molar-refractivity contribution in [2.75, 3.05) is 27.2 Å². The van der Waals surface area contributed by atoms with Crippen molar-refractivity contribution >= 4 is 29.2 Å². The minimum absolute atomic E-state index is 0.0206. The summed E-state index contributed by atoms with van der Waals surface area (Å²) >= 11 is 0. The highest BCUT2D eigenvalue weighted by atomic mass is 16.5. The summed E-state index contributed by atoms with van der Waals surface area (Å²) in [5.41, 5.74) is 2.33. The minimum atomic E-state index is -0.865. The molecule has 0 aliphatic rings. The summed E-state index contributed by atoms with van der Waals surface area (Å²) in [5.74, 6) is 2.88. The third-order valence-electron chi connectivity index (χ3n) is 5.23. The number of aliphatic carboxylic acids is 1. The second-order valence-corrected chi connectivity index (χ2v) is 9.55. The first-order valence-electron chi connectivity index (χ1n) is 12.1. The molecule has 0 amide bonds. The molecular weight excluding hydrogens is 488 g/mol. The summed E-state index contributed by atoms with van der Waals surface area (Å²) in [6, 6.07) is 14.5. The highest BCUT2D eigenvalue weighted by Crippen LogP contribution is 2.24. The Kier molecular flexibility index (Phi) is 11.3. The van der Waals surface area contributed by atoms with Gasteiger partial charge in [-0.25, -0.2) is 9.59 Å². The molecular formula is C28H34N4O6. The summed E-state index contributed by atoms with van der Waals surface area (Å²) in [6.45, 7) is 6.44. The zero-order chi connectivity index (χ0) is 28.1. The molecule has 2 aromatic rings. The van der Waals surface area contributed by atoms with Crippen LogP contribution in [0, 0.1) is 0 Å². The molecule has 0 heterocycles. The zero-order valence-electron chi connectivity index (χ0n) is 22.4. The van der Waals surface area contributed by atoms with Crippen LogP contribution in [0.3, 0.4) is 0 Å². The van der Waals surface area contributed by atoms with Crippen LogP contribution in [0.2, 0.25) is 0 Å². The lowest BCUT2D eigenvalue weighted by Gasteiger charge is -2.28. The molecule has 0 aliphatic heterocycles. The Morgan fingerprint density at radius 1 is 0.921 bits per heavy atom. The molecule has 202 valence electrons. The van der Waals surface area contributed by atoms with E-state index in [0.717, 1.165) is 11.1 Å². The van der Waals surface area contributed by atoms with Crippen molar-refractivity contribution < 1.29 is 29.0 Å². The van der Waals surface area contributed by atoms with E-state index >= 15 is 0 Å². The van der Waals surface area contributed by atoms with Gasteiger partial charge >= 0.3 is 5.97 Å². The largest absolute Gasteiger partial charge is 0.481 e. The standard InChI is InChI=1S/C28H34N4O6/c1-28(2,3)38-26(19-34)32(5)17-16-31(4)25(18-33)37-20-21-10-13-23(14-11-21)29-30-24-9-7-6-8-22(24)12-15-27(35)36/h6-11,13-14H,12,15-17,20H2,1-5H3,(H,35,36). The average molecular weight is 523 g/mol. The molecule has 2 rings (SSSR count). The van der Waals surface area contributed by atoms with Crippen LogP contribution in [0.4, 0.5) is 11.4 Å². The molecule has 0 saturated heterocycles. The molecule has 0 aliphatic carbocycles. The van der Waals surface area contributed by atoms with Gasteiger partial charge in [0.05, 0.1) is 11.4 Å². The fourth-order valence-corrected chi connectivity index (χ4v) is 3.17. The topological polar surface area (TPSA) is 121 Å². The van der Waals surface area contributed by atoms with Crippen molar-refractivity contribution in [3.05, 3.63) is 71.4 Å². The van der Waals surface area contributed by atoms with E-state index < -0.39 is 11.6 Å². The lowest BCUT2D eigenvalue weighted by Crippen LogP contribution is -2.34. The second-order valence-electron chi connectivity index (χ2n) is 9.55. The number of rotatable bonds is 14. The minimum Gasteiger partial charge on any atom is -0.481 e. The van der Waals surface area contributed by atoms with Crippen molar-refractivity contribution in [3.63, 3.8) is 0 Å². The predicted molar refractivity (Wildman–Crippen MR) is 142 cm³/mol. The van der Waals surface area contributed by atoms with Crippen LogP contribution in [-0.2, 0) is 36.9 Å². The molecule has 10 heteroatoms. The number of benzene rings is 2. The quantitative estimate of drug-likeness (QED) is 0.216. The number of hydrogen-bond acceptors (Lipinski definition) is 9. The Balaban J connectivity index is 1.91. The van der Waals surface area contributed by atoms with Crippen LogP contribution >= 0.6 is 0 Å². The fourth-order valence-electron chi connectivity index (χ4n) is 3.17. The van der Waals surface area contributed by atoms with Crippen molar-refractivity contribution in [1.82, 2.24) is 9.80 Å². The summed E-state index contributed by atoms with van der Waals surface area (Å²) in [6.07, 6.45) is 0.393. The van der Waals surface area contributed by atoms with Gasteiger partial charge in [0.2, 0.25) is 0 Å².